The van der Waals surface area contributed by atoms with Crippen LogP contribution in [-0.4, -0.2) is 57.0 Å². The van der Waals surface area contributed by atoms with Gasteiger partial charge >= 0.3 is 6.16 Å². The maximum atomic E-state index is 11.0. The standard InChI is InChI=1S/C11H22O6/c1-11(2,17-7-5-12)4-6-15-10(13)16-9-8-14-3/h12H,4-9H2,1-3H3. The van der Waals surface area contributed by atoms with Gasteiger partial charge in [0.1, 0.15) is 6.61 Å². The number of methoxy groups -OCH3 is 1. The molecular weight excluding hydrogens is 228 g/mol. The molecule has 0 saturated carbocycles. The van der Waals surface area contributed by atoms with E-state index in [1.165, 1.54) is 7.11 Å². The van der Waals surface area contributed by atoms with Crippen LogP contribution in [0.3, 0.4) is 0 Å². The lowest BCUT2D eigenvalue weighted by atomic mass is 10.1. The summed E-state index contributed by atoms with van der Waals surface area (Å²) in [7, 11) is 1.52. The Kier molecular flexibility index (Phi) is 8.75. The van der Waals surface area contributed by atoms with Crippen LogP contribution in [0.2, 0.25) is 0 Å². The molecule has 0 amide bonds. The molecule has 0 aromatic heterocycles. The number of carbonyl (C=O) groups excluding carboxylic acids is 1. The first kappa shape index (κ1) is 16.1. The van der Waals surface area contributed by atoms with Crippen molar-refractivity contribution in [3.05, 3.63) is 0 Å². The Morgan fingerprint density at radius 2 is 1.76 bits per heavy atom. The van der Waals surface area contributed by atoms with E-state index >= 15 is 0 Å². The fourth-order valence-corrected chi connectivity index (χ4v) is 1.02. The molecule has 0 aromatic rings. The largest absolute Gasteiger partial charge is 0.508 e. The van der Waals surface area contributed by atoms with Crippen molar-refractivity contribution in [3.63, 3.8) is 0 Å². The third kappa shape index (κ3) is 10.0. The lowest BCUT2D eigenvalue weighted by molar-refractivity contribution is -0.0512. The third-order valence-corrected chi connectivity index (χ3v) is 2.02. The molecule has 0 saturated heterocycles. The second-order valence-electron chi connectivity index (χ2n) is 4.02. The van der Waals surface area contributed by atoms with E-state index < -0.39 is 11.8 Å². The predicted octanol–water partition coefficient (Wildman–Crippen LogP) is 0.964. The van der Waals surface area contributed by atoms with Gasteiger partial charge in [0, 0.05) is 13.5 Å². The molecular formula is C11H22O6. The lowest BCUT2D eigenvalue weighted by Crippen LogP contribution is -2.28. The maximum Gasteiger partial charge on any atom is 0.508 e. The summed E-state index contributed by atoms with van der Waals surface area (Å²) in [6, 6.07) is 0. The van der Waals surface area contributed by atoms with Gasteiger partial charge in [-0.25, -0.2) is 4.79 Å². The molecule has 0 atom stereocenters. The average Bonchev–Trinajstić information content (AvgIpc) is 2.26. The van der Waals surface area contributed by atoms with Gasteiger partial charge in [-0.15, -0.1) is 0 Å². The summed E-state index contributed by atoms with van der Waals surface area (Å²) in [5.74, 6) is 0. The van der Waals surface area contributed by atoms with E-state index in [1.54, 1.807) is 0 Å². The number of rotatable bonds is 9. The summed E-state index contributed by atoms with van der Waals surface area (Å²) in [4.78, 5) is 11.0. The molecule has 0 heterocycles. The smallest absolute Gasteiger partial charge is 0.434 e. The van der Waals surface area contributed by atoms with Crippen LogP contribution in [0.4, 0.5) is 4.79 Å². The molecule has 0 bridgehead atoms. The third-order valence-electron chi connectivity index (χ3n) is 2.02. The van der Waals surface area contributed by atoms with Gasteiger partial charge in [0.2, 0.25) is 0 Å². The van der Waals surface area contributed by atoms with E-state index in [4.69, 9.17) is 24.1 Å². The summed E-state index contributed by atoms with van der Waals surface area (Å²) >= 11 is 0. The number of hydrogen-bond acceptors (Lipinski definition) is 6. The fraction of sp³-hybridized carbons (Fsp3) is 0.909. The van der Waals surface area contributed by atoms with Crippen LogP contribution in [0.1, 0.15) is 20.3 Å². The van der Waals surface area contributed by atoms with Gasteiger partial charge in [-0.3, -0.25) is 0 Å². The quantitative estimate of drug-likeness (QED) is 0.485. The molecule has 0 aliphatic heterocycles. The monoisotopic (exact) mass is 250 g/mol. The first-order chi connectivity index (χ1) is 8.02. The van der Waals surface area contributed by atoms with Crippen LogP contribution in [0, 0.1) is 0 Å². The molecule has 0 spiro atoms. The highest BCUT2D eigenvalue weighted by atomic mass is 16.7. The van der Waals surface area contributed by atoms with E-state index in [0.717, 1.165) is 0 Å². The van der Waals surface area contributed by atoms with Crippen LogP contribution < -0.4 is 0 Å². The van der Waals surface area contributed by atoms with Crippen LogP contribution in [0.25, 0.3) is 0 Å². The maximum absolute atomic E-state index is 11.0. The average molecular weight is 250 g/mol. The summed E-state index contributed by atoms with van der Waals surface area (Å²) in [6.45, 7) is 4.71. The minimum absolute atomic E-state index is 0.0245. The van der Waals surface area contributed by atoms with E-state index in [2.05, 4.69) is 0 Å². The minimum Gasteiger partial charge on any atom is -0.434 e. The second-order valence-corrected chi connectivity index (χ2v) is 4.02. The predicted molar refractivity (Wildman–Crippen MR) is 60.9 cm³/mol. The molecule has 0 rings (SSSR count). The summed E-state index contributed by atoms with van der Waals surface area (Å²) in [5, 5.41) is 8.62. The Bertz CT molecular complexity index is 204. The van der Waals surface area contributed by atoms with Gasteiger partial charge in [0.15, 0.2) is 0 Å². The normalized spacial score (nSPS) is 11.3. The highest BCUT2D eigenvalue weighted by molar-refractivity contribution is 5.59. The van der Waals surface area contributed by atoms with Gasteiger partial charge in [-0.2, -0.15) is 0 Å². The van der Waals surface area contributed by atoms with Crippen molar-refractivity contribution < 1.29 is 28.8 Å². The summed E-state index contributed by atoms with van der Waals surface area (Å²) < 4.78 is 19.6. The number of aliphatic hydroxyl groups is 1. The second kappa shape index (κ2) is 9.21. The zero-order valence-corrected chi connectivity index (χ0v) is 10.7. The molecule has 0 aliphatic rings. The van der Waals surface area contributed by atoms with E-state index in [0.29, 0.717) is 13.0 Å². The highest BCUT2D eigenvalue weighted by Gasteiger charge is 2.18. The molecule has 0 aliphatic carbocycles. The van der Waals surface area contributed by atoms with Gasteiger partial charge in [-0.1, -0.05) is 0 Å². The first-order valence-electron chi connectivity index (χ1n) is 5.55. The molecule has 17 heavy (non-hydrogen) atoms. The minimum atomic E-state index is -0.708. The Morgan fingerprint density at radius 3 is 2.35 bits per heavy atom. The number of carbonyl (C=O) groups is 1. The van der Waals surface area contributed by atoms with Gasteiger partial charge in [0.25, 0.3) is 0 Å². The number of aliphatic hydroxyl groups excluding tert-OH is 1. The van der Waals surface area contributed by atoms with Crippen LogP contribution in [0.5, 0.6) is 0 Å². The van der Waals surface area contributed by atoms with Crippen molar-refractivity contribution in [2.75, 3.05) is 40.1 Å². The van der Waals surface area contributed by atoms with E-state index in [-0.39, 0.29) is 26.4 Å². The molecule has 0 unspecified atom stereocenters. The first-order valence-corrected chi connectivity index (χ1v) is 5.55. The van der Waals surface area contributed by atoms with Crippen molar-refractivity contribution in [1.82, 2.24) is 0 Å². The Labute approximate surface area is 102 Å². The van der Waals surface area contributed by atoms with Gasteiger partial charge < -0.3 is 24.1 Å². The SMILES string of the molecule is COCCOC(=O)OCCC(C)(C)OCCO. The van der Waals surface area contributed by atoms with Crippen LogP contribution >= 0.6 is 0 Å². The zero-order valence-electron chi connectivity index (χ0n) is 10.7. The molecule has 6 nitrogen and oxygen atoms in total. The van der Waals surface area contributed by atoms with Gasteiger partial charge in [0.05, 0.1) is 32.0 Å². The van der Waals surface area contributed by atoms with Crippen molar-refractivity contribution >= 4 is 6.16 Å². The Morgan fingerprint density at radius 1 is 1.12 bits per heavy atom. The highest BCUT2D eigenvalue weighted by Crippen LogP contribution is 2.14. The molecule has 0 fully saturated rings. The Hall–Kier alpha value is -0.850. The summed E-state index contributed by atoms with van der Waals surface area (Å²) in [6.07, 6.45) is -0.174. The van der Waals surface area contributed by atoms with Gasteiger partial charge in [-0.05, 0) is 13.8 Å². The Balaban J connectivity index is 3.57. The van der Waals surface area contributed by atoms with Crippen molar-refractivity contribution in [2.24, 2.45) is 0 Å². The molecule has 102 valence electrons. The lowest BCUT2D eigenvalue weighted by Gasteiger charge is -2.24. The van der Waals surface area contributed by atoms with Crippen molar-refractivity contribution in [2.45, 2.75) is 25.9 Å². The topological polar surface area (TPSA) is 74.2 Å². The molecule has 0 aromatic carbocycles. The summed E-state index contributed by atoms with van der Waals surface area (Å²) in [5.41, 5.74) is -0.435. The van der Waals surface area contributed by atoms with Crippen molar-refractivity contribution in [1.29, 1.82) is 0 Å². The molecule has 1 N–H and O–H groups in total. The fourth-order valence-electron chi connectivity index (χ4n) is 1.02. The van der Waals surface area contributed by atoms with E-state index in [1.807, 2.05) is 13.8 Å². The van der Waals surface area contributed by atoms with Crippen LogP contribution in [-0.2, 0) is 18.9 Å². The number of ether oxygens (including phenoxy) is 4. The van der Waals surface area contributed by atoms with E-state index in [9.17, 15) is 4.79 Å². The number of hydrogen-bond donors (Lipinski definition) is 1. The zero-order chi connectivity index (χ0) is 13.1. The van der Waals surface area contributed by atoms with Crippen LogP contribution in [0.15, 0.2) is 0 Å². The molecule has 6 heteroatoms. The van der Waals surface area contributed by atoms with Crippen molar-refractivity contribution in [3.8, 4) is 0 Å². The molecule has 0 radical (unpaired) electrons.